The Morgan fingerprint density at radius 3 is 2.41 bits per heavy atom. The summed E-state index contributed by atoms with van der Waals surface area (Å²) in [4.78, 5) is 15.0. The van der Waals surface area contributed by atoms with Crippen molar-refractivity contribution < 1.29 is 13.2 Å². The number of amides is 1. The van der Waals surface area contributed by atoms with Gasteiger partial charge in [0.1, 0.15) is 0 Å². The lowest BCUT2D eigenvalue weighted by Crippen LogP contribution is -2.50. The third kappa shape index (κ3) is 3.94. The lowest BCUT2D eigenvalue weighted by atomic mass is 10.1. The van der Waals surface area contributed by atoms with Gasteiger partial charge in [0, 0.05) is 37.4 Å². The van der Waals surface area contributed by atoms with Gasteiger partial charge in [0.15, 0.2) is 0 Å². The minimum atomic E-state index is -3.56. The third-order valence-electron chi connectivity index (χ3n) is 6.15. The summed E-state index contributed by atoms with van der Waals surface area (Å²) < 4.78 is 29.3. The van der Waals surface area contributed by atoms with E-state index in [1.165, 1.54) is 16.1 Å². The highest BCUT2D eigenvalue weighted by Gasteiger charge is 2.31. The average Bonchev–Trinajstić information content (AvgIpc) is 3.48. The molecule has 1 aliphatic heterocycles. The molecule has 1 aromatic heterocycles. The van der Waals surface area contributed by atoms with E-state index in [0.717, 1.165) is 30.5 Å². The maximum absolute atomic E-state index is 13.1. The summed E-state index contributed by atoms with van der Waals surface area (Å²) in [6.45, 7) is 1.23. The zero-order valence-corrected chi connectivity index (χ0v) is 19.0. The molecule has 0 unspecified atom stereocenters. The fraction of sp³-hybridized carbons (Fsp3) is 0.304. The highest BCUT2D eigenvalue weighted by Crippen LogP contribution is 2.27. The molecule has 9 heteroatoms. The van der Waals surface area contributed by atoms with Crippen molar-refractivity contribution >= 4 is 27.5 Å². The van der Waals surface area contributed by atoms with Gasteiger partial charge < -0.3 is 4.90 Å². The van der Waals surface area contributed by atoms with Gasteiger partial charge in [0.25, 0.3) is 5.91 Å². The van der Waals surface area contributed by atoms with E-state index in [9.17, 15) is 13.2 Å². The first-order valence-electron chi connectivity index (χ1n) is 10.6. The van der Waals surface area contributed by atoms with Gasteiger partial charge in [-0.25, -0.2) is 13.1 Å². The molecule has 0 radical (unpaired) electrons. The minimum absolute atomic E-state index is 0.153. The number of fused-ring (bicyclic) bond motifs is 1. The first-order chi connectivity index (χ1) is 15.4. The van der Waals surface area contributed by atoms with Crippen LogP contribution in [0.25, 0.3) is 5.69 Å². The van der Waals surface area contributed by atoms with Crippen LogP contribution in [0, 0.1) is 0 Å². The zero-order valence-electron chi connectivity index (χ0n) is 17.4. The molecule has 2 aromatic carbocycles. The summed E-state index contributed by atoms with van der Waals surface area (Å²) in [5.41, 5.74) is 3.66. The highest BCUT2D eigenvalue weighted by molar-refractivity contribution is 7.89. The number of carbonyl (C=O) groups is 1. The number of carbonyl (C=O) groups excluding carboxylic acids is 1. The summed E-state index contributed by atoms with van der Waals surface area (Å²) in [7, 11) is -3.56. The fourth-order valence-corrected chi connectivity index (χ4v) is 5.94. The Balaban J connectivity index is 1.25. The van der Waals surface area contributed by atoms with Gasteiger partial charge >= 0.3 is 0 Å². The summed E-state index contributed by atoms with van der Waals surface area (Å²) in [5, 5.41) is 4.90. The predicted octanol–water partition coefficient (Wildman–Crippen LogP) is 3.16. The first kappa shape index (κ1) is 21.2. The molecule has 0 bridgehead atoms. The number of sulfonamides is 1. The molecule has 1 saturated heterocycles. The molecule has 1 fully saturated rings. The molecule has 166 valence electrons. The Bertz CT molecular complexity index is 1260. The van der Waals surface area contributed by atoms with Gasteiger partial charge in [-0.15, -0.1) is 0 Å². The Kier molecular flexibility index (Phi) is 5.53. The van der Waals surface area contributed by atoms with Crippen molar-refractivity contribution in [2.45, 2.75) is 24.2 Å². The Labute approximate surface area is 192 Å². The van der Waals surface area contributed by atoms with Gasteiger partial charge in [-0.2, -0.15) is 9.40 Å². The second-order valence-corrected chi connectivity index (χ2v) is 10.5. The van der Waals surface area contributed by atoms with Crippen molar-refractivity contribution in [3.05, 3.63) is 76.6 Å². The molecule has 0 saturated carbocycles. The standard InChI is InChI=1S/C23H23ClN4O3S/c24-20-5-7-21(8-6-20)28-16-19(15-25-28)23(29)26-10-12-27(13-11-26)32(30,31)22-9-4-17-2-1-3-18(17)14-22/h4-9,14-16H,1-3,10-13H2. The van der Waals surface area contributed by atoms with Crippen molar-refractivity contribution in [2.24, 2.45) is 0 Å². The Hall–Kier alpha value is -2.68. The lowest BCUT2D eigenvalue weighted by molar-refractivity contribution is 0.0698. The van der Waals surface area contributed by atoms with E-state index in [0.29, 0.717) is 28.6 Å². The van der Waals surface area contributed by atoms with Gasteiger partial charge in [-0.3, -0.25) is 4.79 Å². The maximum Gasteiger partial charge on any atom is 0.257 e. The smallest absolute Gasteiger partial charge is 0.257 e. The highest BCUT2D eigenvalue weighted by atomic mass is 35.5. The van der Waals surface area contributed by atoms with Gasteiger partial charge in [-0.1, -0.05) is 17.7 Å². The van der Waals surface area contributed by atoms with E-state index < -0.39 is 10.0 Å². The number of rotatable bonds is 4. The molecule has 2 aliphatic rings. The van der Waals surface area contributed by atoms with E-state index >= 15 is 0 Å². The molecule has 0 atom stereocenters. The zero-order chi connectivity index (χ0) is 22.3. The normalized spacial score (nSPS) is 16.8. The number of benzene rings is 2. The molecule has 0 spiro atoms. The SMILES string of the molecule is O=C(c1cnn(-c2ccc(Cl)cc2)c1)N1CCN(S(=O)(=O)c2ccc3c(c2)CCC3)CC1. The van der Waals surface area contributed by atoms with E-state index in [1.54, 1.807) is 34.0 Å². The van der Waals surface area contributed by atoms with Crippen LogP contribution in [0.2, 0.25) is 5.02 Å². The Morgan fingerprint density at radius 2 is 1.66 bits per heavy atom. The molecular formula is C23H23ClN4O3S. The molecule has 1 amide bonds. The van der Waals surface area contributed by atoms with E-state index in [-0.39, 0.29) is 19.0 Å². The van der Waals surface area contributed by atoms with Crippen LogP contribution in [0.1, 0.15) is 27.9 Å². The van der Waals surface area contributed by atoms with Crippen molar-refractivity contribution in [2.75, 3.05) is 26.2 Å². The second kappa shape index (κ2) is 8.35. The molecular weight excluding hydrogens is 448 g/mol. The van der Waals surface area contributed by atoms with Crippen molar-refractivity contribution in [3.8, 4) is 5.69 Å². The Morgan fingerprint density at radius 1 is 0.938 bits per heavy atom. The van der Waals surface area contributed by atoms with Crippen LogP contribution < -0.4 is 0 Å². The quantitative estimate of drug-likeness (QED) is 0.587. The summed E-state index contributed by atoms with van der Waals surface area (Å²) in [6, 6.07) is 12.6. The molecule has 2 heterocycles. The fourth-order valence-electron chi connectivity index (χ4n) is 4.34. The van der Waals surface area contributed by atoms with E-state index in [2.05, 4.69) is 5.10 Å². The van der Waals surface area contributed by atoms with Gasteiger partial charge in [0.05, 0.1) is 22.3 Å². The summed E-state index contributed by atoms with van der Waals surface area (Å²) in [6.07, 6.45) is 6.24. The molecule has 3 aromatic rings. The van der Waals surface area contributed by atoms with Crippen LogP contribution in [0.15, 0.2) is 59.8 Å². The number of halogens is 1. The molecule has 32 heavy (non-hydrogen) atoms. The van der Waals surface area contributed by atoms with Crippen LogP contribution in [0.4, 0.5) is 0 Å². The van der Waals surface area contributed by atoms with Gasteiger partial charge in [0.2, 0.25) is 10.0 Å². The number of hydrogen-bond acceptors (Lipinski definition) is 4. The minimum Gasteiger partial charge on any atom is -0.336 e. The summed E-state index contributed by atoms with van der Waals surface area (Å²) >= 11 is 5.93. The number of aryl methyl sites for hydroxylation is 2. The first-order valence-corrected chi connectivity index (χ1v) is 12.5. The number of nitrogens with zero attached hydrogens (tertiary/aromatic N) is 4. The lowest BCUT2D eigenvalue weighted by Gasteiger charge is -2.33. The van der Waals surface area contributed by atoms with Crippen LogP contribution in [0.5, 0.6) is 0 Å². The van der Waals surface area contributed by atoms with Crippen molar-refractivity contribution in [1.82, 2.24) is 19.0 Å². The largest absolute Gasteiger partial charge is 0.336 e. The number of piperazine rings is 1. The molecule has 0 N–H and O–H groups in total. The predicted molar refractivity (Wildman–Crippen MR) is 122 cm³/mol. The number of hydrogen-bond donors (Lipinski definition) is 0. The van der Waals surface area contributed by atoms with E-state index in [1.807, 2.05) is 24.3 Å². The second-order valence-electron chi connectivity index (χ2n) is 8.13. The van der Waals surface area contributed by atoms with E-state index in [4.69, 9.17) is 11.6 Å². The summed E-state index contributed by atoms with van der Waals surface area (Å²) in [5.74, 6) is -0.153. The molecule has 5 rings (SSSR count). The number of aromatic nitrogens is 2. The third-order valence-corrected chi connectivity index (χ3v) is 8.30. The maximum atomic E-state index is 13.1. The van der Waals surface area contributed by atoms with Crippen LogP contribution >= 0.6 is 11.6 Å². The van der Waals surface area contributed by atoms with Crippen LogP contribution in [-0.4, -0.2) is 59.5 Å². The van der Waals surface area contributed by atoms with Crippen molar-refractivity contribution in [3.63, 3.8) is 0 Å². The monoisotopic (exact) mass is 470 g/mol. The topological polar surface area (TPSA) is 75.5 Å². The van der Waals surface area contributed by atoms with Gasteiger partial charge in [-0.05, 0) is 66.8 Å². The van der Waals surface area contributed by atoms with Crippen molar-refractivity contribution in [1.29, 1.82) is 0 Å². The van der Waals surface area contributed by atoms with Crippen LogP contribution in [0.3, 0.4) is 0 Å². The van der Waals surface area contributed by atoms with Crippen LogP contribution in [-0.2, 0) is 22.9 Å². The molecule has 1 aliphatic carbocycles. The molecule has 7 nitrogen and oxygen atoms in total. The average molecular weight is 471 g/mol.